The number of rotatable bonds is 5. The first-order chi connectivity index (χ1) is 10.5. The van der Waals surface area contributed by atoms with Crippen molar-refractivity contribution in [3.05, 3.63) is 64.3 Å². The van der Waals surface area contributed by atoms with Gasteiger partial charge in [-0.15, -0.1) is 5.23 Å². The first kappa shape index (κ1) is 15.7. The molecule has 0 bridgehead atoms. The lowest BCUT2D eigenvalue weighted by Crippen LogP contribution is -2.24. The number of hydrogen-bond donors (Lipinski definition) is 3. The Hall–Kier alpha value is -2.72. The number of amides is 1. The fourth-order valence-corrected chi connectivity index (χ4v) is 1.72. The minimum Gasteiger partial charge on any atom is -0.769 e. The summed E-state index contributed by atoms with van der Waals surface area (Å²) in [5.41, 5.74) is -0.188. The van der Waals surface area contributed by atoms with Crippen LogP contribution >= 0.6 is 0 Å². The third kappa shape index (κ3) is 3.90. The van der Waals surface area contributed by atoms with Gasteiger partial charge in [0.05, 0.1) is 17.9 Å². The van der Waals surface area contributed by atoms with E-state index in [4.69, 9.17) is 10.4 Å². The molecule has 2 aromatic rings. The summed E-state index contributed by atoms with van der Waals surface area (Å²) in [5, 5.41) is 41.1. The van der Waals surface area contributed by atoms with E-state index in [2.05, 4.69) is 10.3 Å². The highest BCUT2D eigenvalue weighted by molar-refractivity contribution is 5.96. The first-order valence-corrected chi connectivity index (χ1v) is 6.13. The molecule has 0 saturated carbocycles. The highest BCUT2D eigenvalue weighted by Gasteiger charge is 2.11. The van der Waals surface area contributed by atoms with Gasteiger partial charge in [-0.3, -0.25) is 20.2 Å². The zero-order valence-electron chi connectivity index (χ0n) is 11.2. The highest BCUT2D eigenvalue weighted by Crippen LogP contribution is 2.23. The van der Waals surface area contributed by atoms with Crippen LogP contribution in [-0.4, -0.2) is 21.3 Å². The van der Waals surface area contributed by atoms with Crippen molar-refractivity contribution in [2.24, 2.45) is 0 Å². The summed E-state index contributed by atoms with van der Waals surface area (Å²) < 4.78 is 0. The average Bonchev–Trinajstić information content (AvgIpc) is 2.53. The normalized spacial score (nSPS) is 10.2. The van der Waals surface area contributed by atoms with Crippen molar-refractivity contribution in [2.45, 2.75) is 6.54 Å². The van der Waals surface area contributed by atoms with Gasteiger partial charge in [-0.25, -0.2) is 0 Å². The Labute approximate surface area is 125 Å². The van der Waals surface area contributed by atoms with Gasteiger partial charge < -0.3 is 21.0 Å². The Morgan fingerprint density at radius 1 is 1.18 bits per heavy atom. The third-order valence-corrected chi connectivity index (χ3v) is 2.76. The van der Waals surface area contributed by atoms with Crippen molar-refractivity contribution >= 4 is 17.3 Å². The quantitative estimate of drug-likeness (QED) is 0.705. The van der Waals surface area contributed by atoms with E-state index in [1.54, 1.807) is 24.4 Å². The van der Waals surface area contributed by atoms with Gasteiger partial charge in [0.1, 0.15) is 0 Å². The largest absolute Gasteiger partial charge is 0.769 e. The van der Waals surface area contributed by atoms with Crippen LogP contribution in [0, 0.1) is 10.4 Å². The molecule has 0 unspecified atom stereocenters. The molecule has 0 saturated heterocycles. The molecule has 22 heavy (non-hydrogen) atoms. The number of nitrogens with one attached hydrogen (secondary N) is 1. The molecule has 0 aliphatic heterocycles. The van der Waals surface area contributed by atoms with Crippen LogP contribution in [0.5, 0.6) is 0 Å². The van der Waals surface area contributed by atoms with E-state index in [0.29, 0.717) is 5.69 Å². The monoisotopic (exact) mass is 304 g/mol. The van der Waals surface area contributed by atoms with Gasteiger partial charge in [-0.05, 0) is 30.3 Å². The van der Waals surface area contributed by atoms with E-state index in [9.17, 15) is 15.2 Å². The van der Waals surface area contributed by atoms with E-state index in [1.165, 1.54) is 0 Å². The summed E-state index contributed by atoms with van der Waals surface area (Å²) in [4.78, 5) is 16.0. The molecule has 1 aromatic heterocycles. The molecule has 116 valence electrons. The molecule has 9 heteroatoms. The van der Waals surface area contributed by atoms with E-state index in [1.807, 2.05) is 0 Å². The van der Waals surface area contributed by atoms with Gasteiger partial charge in [0.2, 0.25) is 0 Å². The zero-order chi connectivity index (χ0) is 16.1. The predicted octanol–water partition coefficient (Wildman–Crippen LogP) is 1.40. The third-order valence-electron chi connectivity index (χ3n) is 2.76. The maximum atomic E-state index is 12.0. The summed E-state index contributed by atoms with van der Waals surface area (Å²) in [6.45, 7) is 0.139. The fourth-order valence-electron chi connectivity index (χ4n) is 1.72. The highest BCUT2D eigenvalue weighted by atomic mass is 16.8. The van der Waals surface area contributed by atoms with Crippen LogP contribution in [0.4, 0.5) is 11.4 Å². The smallest absolute Gasteiger partial charge is 0.251 e. The van der Waals surface area contributed by atoms with Gasteiger partial charge in [0, 0.05) is 17.4 Å². The van der Waals surface area contributed by atoms with Gasteiger partial charge >= 0.3 is 0 Å². The van der Waals surface area contributed by atoms with Gasteiger partial charge in [-0.1, -0.05) is 6.07 Å². The number of nitrogens with zero attached hydrogens (tertiary/aromatic N) is 3. The number of aromatic nitrogens is 1. The minimum atomic E-state index is -0.734. The summed E-state index contributed by atoms with van der Waals surface area (Å²) in [5.74, 6) is -0.600. The summed E-state index contributed by atoms with van der Waals surface area (Å²) in [6.07, 6.45) is 1.57. The molecule has 0 aliphatic carbocycles. The van der Waals surface area contributed by atoms with E-state index in [-0.39, 0.29) is 23.0 Å². The molecule has 1 aromatic carbocycles. The number of benzene rings is 1. The molecule has 0 radical (unpaired) electrons. The number of hydrogen-bond acceptors (Lipinski definition) is 8. The molecule has 1 amide bonds. The number of carbonyl (C=O) groups excluding carboxylic acids is 1. The second-order valence-corrected chi connectivity index (χ2v) is 4.29. The maximum absolute atomic E-state index is 12.0. The summed E-state index contributed by atoms with van der Waals surface area (Å²) in [6, 6.07) is 8.28. The van der Waals surface area contributed by atoms with E-state index < -0.39 is 16.8 Å². The number of carbonyl (C=O) groups is 1. The van der Waals surface area contributed by atoms with Crippen molar-refractivity contribution in [2.75, 3.05) is 10.5 Å². The lowest BCUT2D eigenvalue weighted by molar-refractivity contribution is 0.0291. The predicted molar refractivity (Wildman–Crippen MR) is 77.1 cm³/mol. The lowest BCUT2D eigenvalue weighted by Gasteiger charge is -2.38. The van der Waals surface area contributed by atoms with Gasteiger partial charge in [-0.2, -0.15) is 0 Å². The molecule has 0 aliphatic rings. The van der Waals surface area contributed by atoms with E-state index in [0.717, 1.165) is 18.2 Å². The minimum absolute atomic E-state index is 0.0757. The fraction of sp³-hybridized carbons (Fsp3) is 0.0769. The maximum Gasteiger partial charge on any atom is 0.251 e. The van der Waals surface area contributed by atoms with Crippen LogP contribution in [0.1, 0.15) is 16.1 Å². The number of pyridine rings is 1. The van der Waals surface area contributed by atoms with Crippen LogP contribution in [0.2, 0.25) is 0 Å². The summed E-state index contributed by atoms with van der Waals surface area (Å²) >= 11 is 0. The topological polar surface area (TPSA) is 135 Å². The molecule has 3 N–H and O–H groups in total. The second-order valence-electron chi connectivity index (χ2n) is 4.29. The van der Waals surface area contributed by atoms with Gasteiger partial charge in [0.15, 0.2) is 0 Å². The molecule has 2 rings (SSSR count). The van der Waals surface area contributed by atoms with Crippen LogP contribution in [-0.2, 0) is 6.54 Å². The Morgan fingerprint density at radius 2 is 1.91 bits per heavy atom. The van der Waals surface area contributed by atoms with Crippen molar-refractivity contribution in [1.29, 1.82) is 0 Å². The first-order valence-electron chi connectivity index (χ1n) is 6.13. The Morgan fingerprint density at radius 3 is 2.50 bits per heavy atom. The average molecular weight is 304 g/mol. The number of anilines is 2. The molecule has 0 atom stereocenters. The van der Waals surface area contributed by atoms with Crippen LogP contribution in [0.25, 0.3) is 0 Å². The van der Waals surface area contributed by atoms with Crippen molar-refractivity contribution in [3.63, 3.8) is 0 Å². The Balaban J connectivity index is 2.17. The molecule has 0 spiro atoms. The van der Waals surface area contributed by atoms with Crippen molar-refractivity contribution in [3.8, 4) is 0 Å². The summed E-state index contributed by atoms with van der Waals surface area (Å²) in [7, 11) is 0. The Bertz CT molecular complexity index is 622. The Kier molecular flexibility index (Phi) is 4.86. The zero-order valence-corrected chi connectivity index (χ0v) is 11.2. The van der Waals surface area contributed by atoms with Crippen LogP contribution in [0.15, 0.2) is 42.6 Å². The molecule has 9 nitrogen and oxygen atoms in total. The van der Waals surface area contributed by atoms with E-state index >= 15 is 0 Å². The van der Waals surface area contributed by atoms with Crippen molar-refractivity contribution < 1.29 is 15.2 Å². The second kappa shape index (κ2) is 6.83. The van der Waals surface area contributed by atoms with Crippen LogP contribution < -0.4 is 15.8 Å². The SMILES string of the molecule is O=C(NCc1ccccn1)c1cc(N([O-])[O-])cc(N(O)O)c1. The molecule has 1 heterocycles. The van der Waals surface area contributed by atoms with Crippen molar-refractivity contribution in [1.82, 2.24) is 10.3 Å². The van der Waals surface area contributed by atoms with Gasteiger partial charge in [0.25, 0.3) is 5.91 Å². The van der Waals surface area contributed by atoms with Crippen LogP contribution in [0.3, 0.4) is 0 Å². The molecule has 0 fully saturated rings. The molecular formula is C13H12N4O5-2. The lowest BCUT2D eigenvalue weighted by atomic mass is 10.1. The molecular weight excluding hydrogens is 292 g/mol. The standard InChI is InChI=1S/C13H12N4O5/c18-13(15-8-10-3-1-2-4-14-10)9-5-11(16(19)20)7-12(6-9)17(21)22/h1-7,19-20H,8H2,(H,15,18)/q-2.